The Bertz CT molecular complexity index is 767. The van der Waals surface area contributed by atoms with E-state index < -0.39 is 0 Å². The molecule has 0 spiro atoms. The number of rotatable bonds is 3. The number of nitrogens with two attached hydrogens (primary N) is 1. The summed E-state index contributed by atoms with van der Waals surface area (Å²) < 4.78 is 2.14. The smallest absolute Gasteiger partial charge is 0.140 e. The third-order valence-electron chi connectivity index (χ3n) is 4.05. The quantitative estimate of drug-likeness (QED) is 0.792. The largest absolute Gasteiger partial charge is 0.327 e. The summed E-state index contributed by atoms with van der Waals surface area (Å²) in [5, 5.41) is 0. The summed E-state index contributed by atoms with van der Waals surface area (Å²) >= 11 is 0. The van der Waals surface area contributed by atoms with Crippen molar-refractivity contribution in [2.45, 2.75) is 26.3 Å². The number of nitrogens with zero attached hydrogens (tertiary/aromatic N) is 2. The number of benzene rings is 2. The molecule has 3 nitrogen and oxygen atoms in total. The molecule has 3 rings (SSSR count). The second-order valence-electron chi connectivity index (χ2n) is 5.76. The van der Waals surface area contributed by atoms with Gasteiger partial charge in [-0.3, -0.25) is 0 Å². The fourth-order valence-corrected chi connectivity index (χ4v) is 2.71. The van der Waals surface area contributed by atoms with Crippen molar-refractivity contribution in [3.05, 3.63) is 53.6 Å². The minimum atomic E-state index is 0.514. The van der Waals surface area contributed by atoms with Gasteiger partial charge in [0.05, 0.1) is 11.0 Å². The molecular formula is C18H21N3. The van der Waals surface area contributed by atoms with Gasteiger partial charge in [-0.2, -0.15) is 0 Å². The summed E-state index contributed by atoms with van der Waals surface area (Å²) in [6.07, 6.45) is 0. The van der Waals surface area contributed by atoms with Gasteiger partial charge in [0.2, 0.25) is 0 Å². The van der Waals surface area contributed by atoms with Gasteiger partial charge >= 0.3 is 0 Å². The minimum Gasteiger partial charge on any atom is -0.327 e. The van der Waals surface area contributed by atoms with Crippen molar-refractivity contribution in [1.29, 1.82) is 0 Å². The first-order chi connectivity index (χ1) is 10.1. The number of para-hydroxylation sites is 1. The number of hydrogen-bond donors (Lipinski definition) is 1. The molecule has 0 fully saturated rings. The lowest BCUT2D eigenvalue weighted by molar-refractivity contribution is 0.866. The average Bonchev–Trinajstić information content (AvgIpc) is 2.85. The zero-order valence-corrected chi connectivity index (χ0v) is 12.8. The van der Waals surface area contributed by atoms with Gasteiger partial charge in [0.25, 0.3) is 0 Å². The Hall–Kier alpha value is -2.13. The molecule has 0 atom stereocenters. The Morgan fingerprint density at radius 3 is 2.43 bits per heavy atom. The van der Waals surface area contributed by atoms with Crippen LogP contribution in [0.4, 0.5) is 0 Å². The molecule has 0 aliphatic heterocycles. The first kappa shape index (κ1) is 13.8. The first-order valence-corrected chi connectivity index (χ1v) is 7.36. The average molecular weight is 279 g/mol. The van der Waals surface area contributed by atoms with Gasteiger partial charge in [-0.05, 0) is 23.1 Å². The zero-order chi connectivity index (χ0) is 15.0. The number of fused-ring (bicyclic) bond motifs is 1. The second kappa shape index (κ2) is 5.34. The van der Waals surface area contributed by atoms with Crippen LogP contribution in [0.25, 0.3) is 22.4 Å². The highest BCUT2D eigenvalue weighted by atomic mass is 15.1. The highest BCUT2D eigenvalue weighted by Gasteiger charge is 2.12. The van der Waals surface area contributed by atoms with E-state index in [9.17, 15) is 0 Å². The Morgan fingerprint density at radius 1 is 1.10 bits per heavy atom. The molecular weight excluding hydrogens is 258 g/mol. The van der Waals surface area contributed by atoms with E-state index >= 15 is 0 Å². The standard InChI is InChI=1S/C18H21N3/c1-12(2)13-7-9-14(10-8-13)18-20-17-15(11-19)5-4-6-16(17)21(18)3/h4-10,12H,11,19H2,1-3H3. The maximum Gasteiger partial charge on any atom is 0.140 e. The van der Waals surface area contributed by atoms with Crippen LogP contribution in [0.1, 0.15) is 30.9 Å². The molecule has 0 bridgehead atoms. The summed E-state index contributed by atoms with van der Waals surface area (Å²) in [7, 11) is 2.06. The number of imidazole rings is 1. The number of hydrogen-bond acceptors (Lipinski definition) is 2. The first-order valence-electron chi connectivity index (χ1n) is 7.36. The highest BCUT2D eigenvalue weighted by molar-refractivity contribution is 5.83. The fraction of sp³-hybridized carbons (Fsp3) is 0.278. The van der Waals surface area contributed by atoms with Gasteiger partial charge in [-0.25, -0.2) is 4.98 Å². The van der Waals surface area contributed by atoms with Crippen LogP contribution in [0.15, 0.2) is 42.5 Å². The molecule has 0 aliphatic carbocycles. The van der Waals surface area contributed by atoms with Crippen molar-refractivity contribution in [3.8, 4) is 11.4 Å². The van der Waals surface area contributed by atoms with Crippen molar-refractivity contribution in [1.82, 2.24) is 9.55 Å². The molecule has 1 aromatic heterocycles. The van der Waals surface area contributed by atoms with Crippen molar-refractivity contribution in [2.75, 3.05) is 0 Å². The van der Waals surface area contributed by atoms with Gasteiger partial charge in [0.1, 0.15) is 5.82 Å². The Morgan fingerprint density at radius 2 is 1.81 bits per heavy atom. The van der Waals surface area contributed by atoms with Crippen LogP contribution in [-0.2, 0) is 13.6 Å². The molecule has 0 unspecified atom stereocenters. The molecule has 1 heterocycles. The third kappa shape index (κ3) is 2.34. The fourth-order valence-electron chi connectivity index (χ4n) is 2.71. The predicted molar refractivity (Wildman–Crippen MR) is 88.1 cm³/mol. The molecule has 2 N–H and O–H groups in total. The van der Waals surface area contributed by atoms with E-state index in [-0.39, 0.29) is 0 Å². The maximum absolute atomic E-state index is 5.82. The maximum atomic E-state index is 5.82. The molecule has 3 heteroatoms. The summed E-state index contributed by atoms with van der Waals surface area (Å²) in [5.41, 5.74) is 11.5. The predicted octanol–water partition coefficient (Wildman–Crippen LogP) is 3.82. The summed E-state index contributed by atoms with van der Waals surface area (Å²) in [5.74, 6) is 1.53. The zero-order valence-electron chi connectivity index (χ0n) is 12.8. The normalized spacial score (nSPS) is 11.5. The van der Waals surface area contributed by atoms with Gasteiger partial charge in [0, 0.05) is 19.2 Å². The van der Waals surface area contributed by atoms with E-state index in [0.29, 0.717) is 12.5 Å². The van der Waals surface area contributed by atoms with Gasteiger partial charge in [0.15, 0.2) is 0 Å². The van der Waals surface area contributed by atoms with Gasteiger partial charge < -0.3 is 10.3 Å². The molecule has 2 aromatic carbocycles. The molecule has 108 valence electrons. The molecule has 0 aliphatic rings. The van der Waals surface area contributed by atoms with E-state index in [1.165, 1.54) is 5.56 Å². The molecule has 21 heavy (non-hydrogen) atoms. The number of aromatic nitrogens is 2. The SMILES string of the molecule is CC(C)c1ccc(-c2nc3c(CN)cccc3n2C)cc1. The van der Waals surface area contributed by atoms with Crippen molar-refractivity contribution >= 4 is 11.0 Å². The van der Waals surface area contributed by atoms with Crippen LogP contribution < -0.4 is 5.73 Å². The lowest BCUT2D eigenvalue weighted by atomic mass is 10.0. The van der Waals surface area contributed by atoms with Crippen LogP contribution in [-0.4, -0.2) is 9.55 Å². The van der Waals surface area contributed by atoms with Crippen LogP contribution in [0.5, 0.6) is 0 Å². The molecule has 0 amide bonds. The van der Waals surface area contributed by atoms with E-state index in [1.54, 1.807) is 0 Å². The Kier molecular flexibility index (Phi) is 3.52. The van der Waals surface area contributed by atoms with Crippen molar-refractivity contribution < 1.29 is 0 Å². The van der Waals surface area contributed by atoms with Crippen molar-refractivity contribution in [3.63, 3.8) is 0 Å². The van der Waals surface area contributed by atoms with Crippen LogP contribution in [0.3, 0.4) is 0 Å². The minimum absolute atomic E-state index is 0.514. The van der Waals surface area contributed by atoms with E-state index in [0.717, 1.165) is 28.0 Å². The highest BCUT2D eigenvalue weighted by Crippen LogP contribution is 2.27. The van der Waals surface area contributed by atoms with E-state index in [2.05, 4.69) is 55.8 Å². The van der Waals surface area contributed by atoms with Crippen LogP contribution in [0, 0.1) is 0 Å². The van der Waals surface area contributed by atoms with Gasteiger partial charge in [-0.1, -0.05) is 50.2 Å². The second-order valence-corrected chi connectivity index (χ2v) is 5.76. The topological polar surface area (TPSA) is 43.8 Å². The van der Waals surface area contributed by atoms with Crippen molar-refractivity contribution in [2.24, 2.45) is 12.8 Å². The lowest BCUT2D eigenvalue weighted by Crippen LogP contribution is -1.97. The lowest BCUT2D eigenvalue weighted by Gasteiger charge is -2.07. The van der Waals surface area contributed by atoms with E-state index in [1.807, 2.05) is 12.1 Å². The van der Waals surface area contributed by atoms with E-state index in [4.69, 9.17) is 10.7 Å². The molecule has 0 radical (unpaired) electrons. The monoisotopic (exact) mass is 279 g/mol. The summed E-state index contributed by atoms with van der Waals surface area (Å²) in [6.45, 7) is 4.93. The van der Waals surface area contributed by atoms with Gasteiger partial charge in [-0.15, -0.1) is 0 Å². The Labute approximate surface area is 125 Å². The Balaban J connectivity index is 2.14. The summed E-state index contributed by atoms with van der Waals surface area (Å²) in [4.78, 5) is 4.81. The van der Waals surface area contributed by atoms with Crippen LogP contribution in [0.2, 0.25) is 0 Å². The molecule has 0 saturated carbocycles. The third-order valence-corrected chi connectivity index (χ3v) is 4.05. The summed E-state index contributed by atoms with van der Waals surface area (Å²) in [6, 6.07) is 14.8. The molecule has 0 saturated heterocycles. The van der Waals surface area contributed by atoms with Crippen LogP contribution >= 0.6 is 0 Å². The molecule has 3 aromatic rings. The number of aryl methyl sites for hydroxylation is 1.